The number of halogens is 1. The average Bonchev–Trinajstić information content (AvgIpc) is 3.02. The average molecular weight is 438 g/mol. The molecule has 1 saturated heterocycles. The summed E-state index contributed by atoms with van der Waals surface area (Å²) in [7, 11) is 1.55. The molecule has 1 fully saturated rings. The number of ether oxygens (including phenoxy) is 2. The summed E-state index contributed by atoms with van der Waals surface area (Å²) in [5.41, 5.74) is 2.20. The first kappa shape index (κ1) is 22.0. The second-order valence-electron chi connectivity index (χ2n) is 8.22. The van der Waals surface area contributed by atoms with Crippen molar-refractivity contribution in [1.29, 1.82) is 0 Å². The van der Waals surface area contributed by atoms with Gasteiger partial charge < -0.3 is 14.4 Å². The third-order valence-electron chi connectivity index (χ3n) is 5.79. The van der Waals surface area contributed by atoms with Gasteiger partial charge in [-0.05, 0) is 44.0 Å². The van der Waals surface area contributed by atoms with Crippen molar-refractivity contribution in [2.75, 3.05) is 26.7 Å². The van der Waals surface area contributed by atoms with Crippen LogP contribution < -0.4 is 4.74 Å². The van der Waals surface area contributed by atoms with Crippen LogP contribution in [-0.4, -0.2) is 60.6 Å². The minimum atomic E-state index is -0.344. The highest BCUT2D eigenvalue weighted by atomic mass is 19.1. The number of morpholine rings is 1. The number of amides is 2. The molecule has 2 heterocycles. The molecule has 2 unspecified atom stereocenters. The number of benzene rings is 2. The van der Waals surface area contributed by atoms with Crippen LogP contribution in [0, 0.1) is 5.82 Å². The van der Waals surface area contributed by atoms with E-state index in [4.69, 9.17) is 9.47 Å². The van der Waals surface area contributed by atoms with E-state index < -0.39 is 0 Å². The van der Waals surface area contributed by atoms with Gasteiger partial charge in [0.05, 0.1) is 24.9 Å². The lowest BCUT2D eigenvalue weighted by molar-refractivity contribution is -0.138. The van der Waals surface area contributed by atoms with Gasteiger partial charge in [0.2, 0.25) is 0 Å². The fourth-order valence-electron chi connectivity index (χ4n) is 4.41. The first-order valence-corrected chi connectivity index (χ1v) is 10.8. The van der Waals surface area contributed by atoms with Gasteiger partial charge in [-0.15, -0.1) is 0 Å². The molecule has 2 amide bonds. The second-order valence-corrected chi connectivity index (χ2v) is 8.22. The number of methoxy groups -OCH3 is 1. The van der Waals surface area contributed by atoms with Crippen LogP contribution >= 0.6 is 0 Å². The third kappa shape index (κ3) is 4.25. The molecule has 168 valence electrons. The van der Waals surface area contributed by atoms with Crippen LogP contribution in [0.15, 0.2) is 54.2 Å². The Morgan fingerprint density at radius 1 is 1.00 bits per heavy atom. The van der Waals surface area contributed by atoms with Crippen LogP contribution in [-0.2, 0) is 20.7 Å². The Morgan fingerprint density at radius 2 is 1.66 bits per heavy atom. The van der Waals surface area contributed by atoms with Crippen LogP contribution in [0.3, 0.4) is 0 Å². The zero-order valence-electron chi connectivity index (χ0n) is 18.5. The molecule has 32 heavy (non-hydrogen) atoms. The van der Waals surface area contributed by atoms with Gasteiger partial charge in [-0.3, -0.25) is 14.5 Å². The molecule has 0 bridgehead atoms. The van der Waals surface area contributed by atoms with E-state index >= 15 is 0 Å². The van der Waals surface area contributed by atoms with Gasteiger partial charge in [0.1, 0.15) is 17.3 Å². The molecule has 7 heteroatoms. The number of carbonyl (C=O) groups is 2. The first-order chi connectivity index (χ1) is 15.4. The van der Waals surface area contributed by atoms with Crippen LogP contribution in [0.5, 0.6) is 5.75 Å². The first-order valence-electron chi connectivity index (χ1n) is 10.8. The van der Waals surface area contributed by atoms with Crippen LogP contribution in [0.4, 0.5) is 4.39 Å². The second kappa shape index (κ2) is 9.12. The van der Waals surface area contributed by atoms with E-state index in [1.54, 1.807) is 31.4 Å². The molecule has 0 radical (unpaired) electrons. The molecule has 0 saturated carbocycles. The van der Waals surface area contributed by atoms with Gasteiger partial charge in [-0.25, -0.2) is 4.39 Å². The van der Waals surface area contributed by atoms with Crippen molar-refractivity contribution in [2.45, 2.75) is 32.5 Å². The lowest BCUT2D eigenvalue weighted by Crippen LogP contribution is -2.47. The lowest BCUT2D eigenvalue weighted by atomic mass is 10.0. The molecular weight excluding hydrogens is 411 g/mol. The Kier molecular flexibility index (Phi) is 6.28. The lowest BCUT2D eigenvalue weighted by Gasteiger charge is -2.37. The fourth-order valence-corrected chi connectivity index (χ4v) is 4.41. The van der Waals surface area contributed by atoms with Gasteiger partial charge in [0.25, 0.3) is 11.8 Å². The summed E-state index contributed by atoms with van der Waals surface area (Å²) < 4.78 is 24.6. The van der Waals surface area contributed by atoms with Gasteiger partial charge in [-0.1, -0.05) is 30.3 Å². The minimum absolute atomic E-state index is 0.0682. The Hall–Kier alpha value is -3.19. The number of para-hydroxylation sites is 1. The largest absolute Gasteiger partial charge is 0.496 e. The Labute approximate surface area is 187 Å². The molecule has 6 nitrogen and oxygen atoms in total. The normalized spacial score (nSPS) is 21.5. The van der Waals surface area contributed by atoms with Crippen molar-refractivity contribution >= 4 is 17.4 Å². The maximum Gasteiger partial charge on any atom is 0.277 e. The maximum atomic E-state index is 13.6. The molecule has 0 N–H and O–H groups in total. The van der Waals surface area contributed by atoms with Gasteiger partial charge in [0, 0.05) is 25.2 Å². The smallest absolute Gasteiger partial charge is 0.277 e. The minimum Gasteiger partial charge on any atom is -0.496 e. The summed E-state index contributed by atoms with van der Waals surface area (Å²) in [4.78, 5) is 30.3. The van der Waals surface area contributed by atoms with Crippen LogP contribution in [0.1, 0.15) is 25.0 Å². The zero-order chi connectivity index (χ0) is 22.8. The molecule has 2 aliphatic heterocycles. The van der Waals surface area contributed by atoms with E-state index in [0.717, 1.165) is 5.56 Å². The summed E-state index contributed by atoms with van der Waals surface area (Å²) in [6.45, 7) is 5.16. The van der Waals surface area contributed by atoms with E-state index in [9.17, 15) is 14.0 Å². The molecule has 2 aromatic carbocycles. The Balaban J connectivity index is 1.70. The predicted octanol–water partition coefficient (Wildman–Crippen LogP) is 3.27. The highest BCUT2D eigenvalue weighted by Gasteiger charge is 2.43. The number of imide groups is 1. The number of hydrogen-bond donors (Lipinski definition) is 0. The van der Waals surface area contributed by atoms with Crippen molar-refractivity contribution in [1.82, 2.24) is 9.80 Å². The Bertz CT molecular complexity index is 1040. The van der Waals surface area contributed by atoms with E-state index in [1.807, 2.05) is 30.9 Å². The van der Waals surface area contributed by atoms with E-state index in [-0.39, 0.29) is 36.4 Å². The highest BCUT2D eigenvalue weighted by Crippen LogP contribution is 2.37. The van der Waals surface area contributed by atoms with Crippen molar-refractivity contribution in [3.05, 3.63) is 71.2 Å². The molecule has 2 aliphatic rings. The number of nitrogens with zero attached hydrogens (tertiary/aromatic N) is 2. The van der Waals surface area contributed by atoms with Crippen molar-refractivity contribution < 1.29 is 23.5 Å². The van der Waals surface area contributed by atoms with Crippen molar-refractivity contribution in [3.8, 4) is 5.75 Å². The summed E-state index contributed by atoms with van der Waals surface area (Å²) in [5.74, 6) is -0.446. The van der Waals surface area contributed by atoms with Crippen LogP contribution in [0.2, 0.25) is 0 Å². The van der Waals surface area contributed by atoms with Crippen LogP contribution in [0.25, 0.3) is 5.57 Å². The molecule has 2 aromatic rings. The monoisotopic (exact) mass is 438 g/mol. The summed E-state index contributed by atoms with van der Waals surface area (Å²) in [6, 6.07) is 13.3. The molecule has 0 aromatic heterocycles. The number of hydrogen-bond acceptors (Lipinski definition) is 5. The highest BCUT2D eigenvalue weighted by molar-refractivity contribution is 6.36. The molecular formula is C25H27FN2O4. The number of carbonyl (C=O) groups excluding carboxylic acids is 2. The van der Waals surface area contributed by atoms with E-state index in [0.29, 0.717) is 42.1 Å². The molecule has 0 spiro atoms. The van der Waals surface area contributed by atoms with Gasteiger partial charge >= 0.3 is 0 Å². The van der Waals surface area contributed by atoms with E-state index in [1.165, 1.54) is 17.0 Å². The summed E-state index contributed by atoms with van der Waals surface area (Å²) in [6.07, 6.45) is 0.308. The SMILES string of the molecule is COc1ccccc1C1=C(N2CC(C)OC(C)C2)C(=O)N(CCc2ccc(F)cc2)C1=O. The van der Waals surface area contributed by atoms with Crippen molar-refractivity contribution in [3.63, 3.8) is 0 Å². The quantitative estimate of drug-likeness (QED) is 0.648. The topological polar surface area (TPSA) is 59.1 Å². The van der Waals surface area contributed by atoms with Gasteiger partial charge in [0.15, 0.2) is 0 Å². The Morgan fingerprint density at radius 3 is 2.31 bits per heavy atom. The fraction of sp³-hybridized carbons (Fsp3) is 0.360. The molecule has 0 aliphatic carbocycles. The summed E-state index contributed by atoms with van der Waals surface area (Å²) >= 11 is 0. The third-order valence-corrected chi connectivity index (χ3v) is 5.79. The zero-order valence-corrected chi connectivity index (χ0v) is 18.5. The van der Waals surface area contributed by atoms with Crippen molar-refractivity contribution in [2.24, 2.45) is 0 Å². The molecule has 2 atom stereocenters. The predicted molar refractivity (Wildman–Crippen MR) is 118 cm³/mol. The molecule has 4 rings (SSSR count). The summed E-state index contributed by atoms with van der Waals surface area (Å²) in [5, 5.41) is 0. The standard InChI is InChI=1S/C25H27FN2O4/c1-16-14-27(15-17(2)32-16)23-22(20-6-4-5-7-21(20)31-3)24(29)28(25(23)30)13-12-18-8-10-19(26)11-9-18/h4-11,16-17H,12-15H2,1-3H3. The number of rotatable bonds is 6. The van der Waals surface area contributed by atoms with Gasteiger partial charge in [-0.2, -0.15) is 0 Å². The maximum absolute atomic E-state index is 13.6. The van der Waals surface area contributed by atoms with E-state index in [2.05, 4.69) is 0 Å².